The highest BCUT2D eigenvalue weighted by atomic mass is 16.5. The minimum Gasteiger partial charge on any atom is -0.465 e. The van der Waals surface area contributed by atoms with Crippen molar-refractivity contribution in [3.8, 4) is 0 Å². The molecule has 2 aromatic rings. The second kappa shape index (κ2) is 8.38. The zero-order chi connectivity index (χ0) is 18.4. The van der Waals surface area contributed by atoms with Crippen LogP contribution in [0.15, 0.2) is 48.5 Å². The quantitative estimate of drug-likeness (QED) is 0.812. The van der Waals surface area contributed by atoms with Gasteiger partial charge in [0.1, 0.15) is 0 Å². The standard InChI is InChI=1S/C20H23N3O3/c1-26-19(24)17-7-3-4-8-18(17)22-20(25)21-15-9-11-16(12-10-15)23-13-5-2-6-14-23/h3-4,7-12H,2,5-6,13-14H2,1H3,(H2,21,22,25). The van der Waals surface area contributed by atoms with Gasteiger partial charge in [-0.05, 0) is 55.7 Å². The molecule has 3 rings (SSSR count). The number of hydrogen-bond acceptors (Lipinski definition) is 4. The van der Waals surface area contributed by atoms with E-state index in [1.807, 2.05) is 24.3 Å². The van der Waals surface area contributed by atoms with Gasteiger partial charge in [-0.25, -0.2) is 9.59 Å². The molecule has 2 amide bonds. The predicted molar refractivity (Wildman–Crippen MR) is 103 cm³/mol. The van der Waals surface area contributed by atoms with Crippen LogP contribution < -0.4 is 15.5 Å². The molecule has 1 heterocycles. The van der Waals surface area contributed by atoms with Crippen LogP contribution in [0.3, 0.4) is 0 Å². The van der Waals surface area contributed by atoms with Gasteiger partial charge in [0.25, 0.3) is 0 Å². The molecule has 2 aromatic carbocycles. The van der Waals surface area contributed by atoms with Gasteiger partial charge in [-0.1, -0.05) is 12.1 Å². The first kappa shape index (κ1) is 17.8. The van der Waals surface area contributed by atoms with E-state index in [2.05, 4.69) is 15.5 Å². The summed E-state index contributed by atoms with van der Waals surface area (Å²) in [5, 5.41) is 5.47. The summed E-state index contributed by atoms with van der Waals surface area (Å²) in [6.45, 7) is 2.16. The highest BCUT2D eigenvalue weighted by Crippen LogP contribution is 2.22. The van der Waals surface area contributed by atoms with Gasteiger partial charge in [-0.15, -0.1) is 0 Å². The summed E-state index contributed by atoms with van der Waals surface area (Å²) in [6, 6.07) is 14.1. The van der Waals surface area contributed by atoms with Crippen molar-refractivity contribution in [2.45, 2.75) is 19.3 Å². The molecular weight excluding hydrogens is 330 g/mol. The Labute approximate surface area is 153 Å². The predicted octanol–water partition coefficient (Wildman–Crippen LogP) is 4.11. The fourth-order valence-electron chi connectivity index (χ4n) is 3.07. The maximum Gasteiger partial charge on any atom is 0.339 e. The number of carbonyl (C=O) groups excluding carboxylic acids is 2. The molecule has 1 saturated heterocycles. The van der Waals surface area contributed by atoms with Crippen LogP contribution >= 0.6 is 0 Å². The number of nitrogens with zero attached hydrogens (tertiary/aromatic N) is 1. The maximum absolute atomic E-state index is 12.2. The van der Waals surface area contributed by atoms with Crippen LogP contribution in [-0.4, -0.2) is 32.2 Å². The summed E-state index contributed by atoms with van der Waals surface area (Å²) < 4.78 is 4.73. The lowest BCUT2D eigenvalue weighted by Gasteiger charge is -2.28. The van der Waals surface area contributed by atoms with Crippen molar-refractivity contribution >= 4 is 29.1 Å². The third-order valence-electron chi connectivity index (χ3n) is 4.43. The number of hydrogen-bond donors (Lipinski definition) is 2. The Morgan fingerprint density at radius 1 is 0.923 bits per heavy atom. The highest BCUT2D eigenvalue weighted by molar-refractivity contribution is 6.05. The number of nitrogens with one attached hydrogen (secondary N) is 2. The Morgan fingerprint density at radius 2 is 1.62 bits per heavy atom. The zero-order valence-electron chi connectivity index (χ0n) is 14.8. The van der Waals surface area contributed by atoms with E-state index < -0.39 is 12.0 Å². The summed E-state index contributed by atoms with van der Waals surface area (Å²) in [5.41, 5.74) is 2.58. The first-order chi connectivity index (χ1) is 12.7. The summed E-state index contributed by atoms with van der Waals surface area (Å²) in [4.78, 5) is 26.4. The number of anilines is 3. The highest BCUT2D eigenvalue weighted by Gasteiger charge is 2.14. The largest absolute Gasteiger partial charge is 0.465 e. The van der Waals surface area contributed by atoms with E-state index in [1.165, 1.54) is 32.1 Å². The van der Waals surface area contributed by atoms with E-state index in [0.717, 1.165) is 13.1 Å². The lowest BCUT2D eigenvalue weighted by molar-refractivity contribution is 0.0602. The van der Waals surface area contributed by atoms with Crippen molar-refractivity contribution in [3.05, 3.63) is 54.1 Å². The minimum atomic E-state index is -0.494. The number of esters is 1. The Hall–Kier alpha value is -3.02. The molecule has 0 radical (unpaired) electrons. The van der Waals surface area contributed by atoms with Gasteiger partial charge in [-0.3, -0.25) is 0 Å². The first-order valence-corrected chi connectivity index (χ1v) is 8.78. The van der Waals surface area contributed by atoms with E-state index in [-0.39, 0.29) is 0 Å². The average molecular weight is 353 g/mol. The monoisotopic (exact) mass is 353 g/mol. The number of para-hydroxylation sites is 1. The molecule has 0 aliphatic carbocycles. The van der Waals surface area contributed by atoms with Gasteiger partial charge >= 0.3 is 12.0 Å². The van der Waals surface area contributed by atoms with Gasteiger partial charge in [0.15, 0.2) is 0 Å². The summed E-state index contributed by atoms with van der Waals surface area (Å²) >= 11 is 0. The molecule has 2 N–H and O–H groups in total. The van der Waals surface area contributed by atoms with Crippen molar-refractivity contribution in [1.29, 1.82) is 0 Å². The molecular formula is C20H23N3O3. The fourth-order valence-corrected chi connectivity index (χ4v) is 3.07. The van der Waals surface area contributed by atoms with Crippen LogP contribution in [0, 0.1) is 0 Å². The lowest BCUT2D eigenvalue weighted by atomic mass is 10.1. The topological polar surface area (TPSA) is 70.7 Å². The number of benzene rings is 2. The molecule has 0 spiro atoms. The normalized spacial score (nSPS) is 13.8. The summed E-state index contributed by atoms with van der Waals surface area (Å²) in [7, 11) is 1.31. The van der Waals surface area contributed by atoms with Crippen LogP contribution in [0.25, 0.3) is 0 Å². The second-order valence-corrected chi connectivity index (χ2v) is 6.21. The van der Waals surface area contributed by atoms with Crippen LogP contribution in [0.1, 0.15) is 29.6 Å². The molecule has 1 aliphatic heterocycles. The Morgan fingerprint density at radius 3 is 2.31 bits per heavy atom. The smallest absolute Gasteiger partial charge is 0.339 e. The van der Waals surface area contributed by atoms with Crippen molar-refractivity contribution in [2.24, 2.45) is 0 Å². The van der Waals surface area contributed by atoms with Gasteiger partial charge in [-0.2, -0.15) is 0 Å². The molecule has 0 aromatic heterocycles. The zero-order valence-corrected chi connectivity index (χ0v) is 14.8. The van der Waals surface area contributed by atoms with E-state index in [9.17, 15) is 9.59 Å². The van der Waals surface area contributed by atoms with Gasteiger partial charge in [0, 0.05) is 24.5 Å². The molecule has 0 atom stereocenters. The third-order valence-corrected chi connectivity index (χ3v) is 4.43. The van der Waals surface area contributed by atoms with Crippen molar-refractivity contribution in [1.82, 2.24) is 0 Å². The number of carbonyl (C=O) groups is 2. The number of amides is 2. The summed E-state index contributed by atoms with van der Waals surface area (Å²) in [6.07, 6.45) is 3.74. The SMILES string of the molecule is COC(=O)c1ccccc1NC(=O)Nc1ccc(N2CCCCC2)cc1. The van der Waals surface area contributed by atoms with Crippen molar-refractivity contribution < 1.29 is 14.3 Å². The van der Waals surface area contributed by atoms with Crippen LogP contribution in [0.4, 0.5) is 21.9 Å². The molecule has 0 saturated carbocycles. The Bertz CT molecular complexity index is 768. The second-order valence-electron chi connectivity index (χ2n) is 6.21. The van der Waals surface area contributed by atoms with E-state index in [4.69, 9.17) is 4.74 Å². The maximum atomic E-state index is 12.2. The van der Waals surface area contributed by atoms with Crippen LogP contribution in [0.2, 0.25) is 0 Å². The lowest BCUT2D eigenvalue weighted by Crippen LogP contribution is -2.29. The van der Waals surface area contributed by atoms with Gasteiger partial charge in [0.05, 0.1) is 18.4 Å². The van der Waals surface area contributed by atoms with E-state index in [1.54, 1.807) is 24.3 Å². The number of urea groups is 1. The third kappa shape index (κ3) is 4.33. The van der Waals surface area contributed by atoms with E-state index >= 15 is 0 Å². The molecule has 136 valence electrons. The summed E-state index contributed by atoms with van der Waals surface area (Å²) in [5.74, 6) is -0.494. The van der Waals surface area contributed by atoms with Gasteiger partial charge < -0.3 is 20.3 Å². The van der Waals surface area contributed by atoms with Crippen LogP contribution in [-0.2, 0) is 4.74 Å². The molecule has 0 bridgehead atoms. The van der Waals surface area contributed by atoms with E-state index in [0.29, 0.717) is 16.9 Å². The first-order valence-electron chi connectivity index (χ1n) is 8.78. The van der Waals surface area contributed by atoms with Crippen LogP contribution in [0.5, 0.6) is 0 Å². The number of ether oxygens (including phenoxy) is 1. The Kier molecular flexibility index (Phi) is 5.73. The van der Waals surface area contributed by atoms with Crippen molar-refractivity contribution in [2.75, 3.05) is 35.7 Å². The fraction of sp³-hybridized carbons (Fsp3) is 0.300. The number of piperidine rings is 1. The number of methoxy groups -OCH3 is 1. The molecule has 6 heteroatoms. The van der Waals surface area contributed by atoms with Crippen molar-refractivity contribution in [3.63, 3.8) is 0 Å². The molecule has 1 fully saturated rings. The molecule has 0 unspecified atom stereocenters. The number of rotatable bonds is 4. The molecule has 26 heavy (non-hydrogen) atoms. The minimum absolute atomic E-state index is 0.311. The van der Waals surface area contributed by atoms with Gasteiger partial charge in [0.2, 0.25) is 0 Å². The molecule has 6 nitrogen and oxygen atoms in total. The molecule has 1 aliphatic rings. The Balaban J connectivity index is 1.62. The average Bonchev–Trinajstić information content (AvgIpc) is 2.69.